The molecule has 0 aliphatic carbocycles. The van der Waals surface area contributed by atoms with Gasteiger partial charge in [0.15, 0.2) is 0 Å². The van der Waals surface area contributed by atoms with Crippen molar-refractivity contribution in [3.63, 3.8) is 0 Å². The van der Waals surface area contributed by atoms with Crippen molar-refractivity contribution in [3.05, 3.63) is 24.3 Å². The van der Waals surface area contributed by atoms with Crippen molar-refractivity contribution in [2.75, 3.05) is 6.61 Å². The lowest BCUT2D eigenvalue weighted by Gasteiger charge is -2.19. The Kier molecular flexibility index (Phi) is 49.2. The van der Waals surface area contributed by atoms with E-state index < -0.39 is 12.1 Å². The second kappa shape index (κ2) is 50.2. The maximum absolute atomic E-state index is 12.4. The zero-order chi connectivity index (χ0) is 42.1. The van der Waals surface area contributed by atoms with Gasteiger partial charge in [0.05, 0.1) is 18.8 Å². The molecule has 0 aliphatic rings. The van der Waals surface area contributed by atoms with E-state index in [-0.39, 0.29) is 12.5 Å². The van der Waals surface area contributed by atoms with Gasteiger partial charge >= 0.3 is 0 Å². The van der Waals surface area contributed by atoms with Gasteiger partial charge in [-0.2, -0.15) is 0 Å². The summed E-state index contributed by atoms with van der Waals surface area (Å²) < 4.78 is 0. The first-order valence-corrected chi connectivity index (χ1v) is 26.6. The van der Waals surface area contributed by atoms with Gasteiger partial charge < -0.3 is 15.5 Å². The summed E-state index contributed by atoms with van der Waals surface area (Å²) in [7, 11) is 0. The summed E-state index contributed by atoms with van der Waals surface area (Å²) in [6.45, 7) is 4.33. The van der Waals surface area contributed by atoms with Crippen LogP contribution in [-0.4, -0.2) is 34.9 Å². The van der Waals surface area contributed by atoms with E-state index in [1.165, 1.54) is 244 Å². The third-order valence-corrected chi connectivity index (χ3v) is 12.4. The summed E-state index contributed by atoms with van der Waals surface area (Å²) in [6, 6.07) is -0.636. The monoisotopic (exact) mass is 816 g/mol. The molecule has 0 saturated carbocycles. The van der Waals surface area contributed by atoms with Crippen LogP contribution >= 0.6 is 0 Å². The minimum Gasteiger partial charge on any atom is -0.394 e. The Labute approximate surface area is 364 Å². The van der Waals surface area contributed by atoms with Gasteiger partial charge in [0.1, 0.15) is 0 Å². The molecule has 0 aromatic carbocycles. The summed E-state index contributed by atoms with van der Waals surface area (Å²) in [5.41, 5.74) is 0. The fourth-order valence-corrected chi connectivity index (χ4v) is 8.37. The third kappa shape index (κ3) is 45.9. The van der Waals surface area contributed by atoms with Gasteiger partial charge in [-0.3, -0.25) is 4.79 Å². The van der Waals surface area contributed by atoms with E-state index in [0.717, 1.165) is 32.1 Å². The number of nitrogens with one attached hydrogen (secondary N) is 1. The van der Waals surface area contributed by atoms with E-state index >= 15 is 0 Å². The van der Waals surface area contributed by atoms with E-state index in [4.69, 9.17) is 0 Å². The molecule has 1 amide bonds. The first kappa shape index (κ1) is 56.9. The summed E-state index contributed by atoms with van der Waals surface area (Å²) in [5.74, 6) is -0.0673. The lowest BCUT2D eigenvalue weighted by atomic mass is 10.0. The molecule has 3 N–H and O–H groups in total. The van der Waals surface area contributed by atoms with Crippen molar-refractivity contribution in [2.45, 2.75) is 309 Å². The summed E-state index contributed by atoms with van der Waals surface area (Å²) >= 11 is 0. The highest BCUT2D eigenvalue weighted by atomic mass is 16.3. The molecule has 4 nitrogen and oxygen atoms in total. The highest BCUT2D eigenvalue weighted by molar-refractivity contribution is 5.76. The van der Waals surface area contributed by atoms with Crippen molar-refractivity contribution in [1.29, 1.82) is 0 Å². The fraction of sp³-hybridized carbons (Fsp3) is 0.907. The normalized spacial score (nSPS) is 13.0. The largest absolute Gasteiger partial charge is 0.394 e. The third-order valence-electron chi connectivity index (χ3n) is 12.4. The zero-order valence-electron chi connectivity index (χ0n) is 39.6. The van der Waals surface area contributed by atoms with Crippen LogP contribution in [0.2, 0.25) is 0 Å². The molecular formula is C54H105NO3. The quantitative estimate of drug-likeness (QED) is 0.0423. The number of allylic oxidation sites excluding steroid dienone is 3. The Morgan fingerprint density at radius 2 is 0.672 bits per heavy atom. The van der Waals surface area contributed by atoms with Crippen molar-refractivity contribution < 1.29 is 15.0 Å². The highest BCUT2D eigenvalue weighted by Gasteiger charge is 2.18. The van der Waals surface area contributed by atoms with Gasteiger partial charge in [0, 0.05) is 6.42 Å². The molecule has 0 heterocycles. The first-order chi connectivity index (χ1) is 28.7. The average molecular weight is 816 g/mol. The summed E-state index contributed by atoms with van der Waals surface area (Å²) in [6.07, 6.45) is 66.1. The number of carbonyl (C=O) groups excluding carboxylic acids is 1. The fourth-order valence-electron chi connectivity index (χ4n) is 8.37. The van der Waals surface area contributed by atoms with Crippen molar-refractivity contribution >= 4 is 5.91 Å². The molecule has 0 aromatic heterocycles. The first-order valence-electron chi connectivity index (χ1n) is 26.6. The van der Waals surface area contributed by atoms with Gasteiger partial charge in [-0.25, -0.2) is 0 Å². The summed E-state index contributed by atoms with van der Waals surface area (Å²) in [5, 5.41) is 23.1. The topological polar surface area (TPSA) is 69.6 Å². The Balaban J connectivity index is 3.51. The molecule has 0 rings (SSSR count). The second-order valence-corrected chi connectivity index (χ2v) is 18.3. The van der Waals surface area contributed by atoms with Gasteiger partial charge in [0.2, 0.25) is 5.91 Å². The van der Waals surface area contributed by atoms with Crippen LogP contribution in [0.15, 0.2) is 24.3 Å². The minimum atomic E-state index is -0.859. The molecule has 0 aromatic rings. The van der Waals surface area contributed by atoms with Crippen LogP contribution in [0.25, 0.3) is 0 Å². The van der Waals surface area contributed by atoms with Gasteiger partial charge in [-0.15, -0.1) is 0 Å². The molecular weight excluding hydrogens is 711 g/mol. The predicted octanol–water partition coefficient (Wildman–Crippen LogP) is 17.1. The van der Waals surface area contributed by atoms with Crippen molar-refractivity contribution in [2.24, 2.45) is 0 Å². The molecule has 4 heteroatoms. The Hall–Kier alpha value is -1.13. The maximum Gasteiger partial charge on any atom is 0.220 e. The van der Waals surface area contributed by atoms with E-state index in [2.05, 4.69) is 31.3 Å². The van der Waals surface area contributed by atoms with E-state index in [1.807, 2.05) is 6.08 Å². The smallest absolute Gasteiger partial charge is 0.220 e. The number of unbranched alkanes of at least 4 members (excludes halogenated alkanes) is 40. The molecule has 344 valence electrons. The predicted molar refractivity (Wildman–Crippen MR) is 258 cm³/mol. The number of hydrogen-bond acceptors (Lipinski definition) is 3. The lowest BCUT2D eigenvalue weighted by Crippen LogP contribution is -2.45. The molecule has 2 unspecified atom stereocenters. The second-order valence-electron chi connectivity index (χ2n) is 18.3. The summed E-state index contributed by atoms with van der Waals surface area (Å²) in [4.78, 5) is 12.4. The van der Waals surface area contributed by atoms with E-state index in [9.17, 15) is 15.0 Å². The van der Waals surface area contributed by atoms with E-state index in [0.29, 0.717) is 6.42 Å². The van der Waals surface area contributed by atoms with Crippen LogP contribution in [0.1, 0.15) is 296 Å². The molecule has 2 atom stereocenters. The molecule has 0 aliphatic heterocycles. The van der Waals surface area contributed by atoms with Crippen LogP contribution in [0, 0.1) is 0 Å². The van der Waals surface area contributed by atoms with Crippen LogP contribution < -0.4 is 5.32 Å². The standard InChI is InChI=1S/C54H105NO3/c1-3-5-7-9-11-13-15-17-19-21-23-25-27-29-31-33-35-37-39-41-43-45-47-49-53(57)52(51-56)55-54(58)50-48-46-44-42-40-38-36-34-32-30-28-26-24-22-20-18-16-14-12-10-8-6-4-2/h39,41,47,49,52-53,56-57H,3-38,40,42-46,48,50-51H2,1-2H3,(H,55,58)/b41-39+,49-47+. The van der Waals surface area contributed by atoms with Crippen molar-refractivity contribution in [1.82, 2.24) is 5.32 Å². The number of aliphatic hydroxyl groups excluding tert-OH is 2. The number of aliphatic hydroxyl groups is 2. The number of hydrogen-bond donors (Lipinski definition) is 3. The Bertz CT molecular complexity index is 840. The Morgan fingerprint density at radius 1 is 0.397 bits per heavy atom. The van der Waals surface area contributed by atoms with Gasteiger partial charge in [-0.1, -0.05) is 282 Å². The van der Waals surface area contributed by atoms with Crippen LogP contribution in [0.3, 0.4) is 0 Å². The van der Waals surface area contributed by atoms with Crippen LogP contribution in [0.5, 0.6) is 0 Å². The zero-order valence-corrected chi connectivity index (χ0v) is 39.6. The Morgan fingerprint density at radius 3 is 1.00 bits per heavy atom. The molecule has 0 fully saturated rings. The molecule has 0 spiro atoms. The number of amides is 1. The minimum absolute atomic E-state index is 0.0673. The van der Waals surface area contributed by atoms with Crippen LogP contribution in [0.4, 0.5) is 0 Å². The van der Waals surface area contributed by atoms with Gasteiger partial charge in [-0.05, 0) is 32.1 Å². The average Bonchev–Trinajstić information content (AvgIpc) is 3.23. The van der Waals surface area contributed by atoms with Gasteiger partial charge in [0.25, 0.3) is 0 Å². The number of rotatable bonds is 49. The SMILES string of the molecule is CCCCCCCCCCCCCCCCCCC/C=C/CC/C=C/C(O)C(CO)NC(=O)CCCCCCCCCCCCCCCCCCCCCCCCC. The highest BCUT2D eigenvalue weighted by Crippen LogP contribution is 2.17. The van der Waals surface area contributed by atoms with Crippen molar-refractivity contribution in [3.8, 4) is 0 Å². The lowest BCUT2D eigenvalue weighted by molar-refractivity contribution is -0.123. The van der Waals surface area contributed by atoms with E-state index in [1.54, 1.807) is 6.08 Å². The molecule has 0 bridgehead atoms. The molecule has 0 radical (unpaired) electrons. The van der Waals surface area contributed by atoms with Crippen LogP contribution in [-0.2, 0) is 4.79 Å². The molecule has 58 heavy (non-hydrogen) atoms. The number of carbonyl (C=O) groups is 1. The maximum atomic E-state index is 12.4. The molecule has 0 saturated heterocycles.